The van der Waals surface area contributed by atoms with Crippen LogP contribution in [0.25, 0.3) is 0 Å². The second kappa shape index (κ2) is 5.30. The lowest BCUT2D eigenvalue weighted by Crippen LogP contribution is -2.59. The first-order chi connectivity index (χ1) is 9.48. The monoisotopic (exact) mass is 302 g/mol. The van der Waals surface area contributed by atoms with Gasteiger partial charge in [0.2, 0.25) is 0 Å². The first-order valence-corrected chi connectivity index (χ1v) is 7.18. The van der Waals surface area contributed by atoms with Gasteiger partial charge in [0, 0.05) is 0 Å². The van der Waals surface area contributed by atoms with E-state index in [-0.39, 0.29) is 13.2 Å². The van der Waals surface area contributed by atoms with E-state index in [1.54, 1.807) is 34.6 Å². The summed E-state index contributed by atoms with van der Waals surface area (Å²) in [5.41, 5.74) is -1.27. The van der Waals surface area contributed by atoms with Crippen molar-refractivity contribution in [3.8, 4) is 0 Å². The molecule has 0 aromatic rings. The lowest BCUT2D eigenvalue weighted by atomic mass is 9.82. The Morgan fingerprint density at radius 3 is 2.05 bits per heavy atom. The molecule has 0 aromatic heterocycles. The van der Waals surface area contributed by atoms with Crippen molar-refractivity contribution in [3.05, 3.63) is 12.2 Å². The Labute approximate surface area is 125 Å². The number of hydrogen-bond donors (Lipinski definition) is 2. The van der Waals surface area contributed by atoms with Crippen LogP contribution in [0.2, 0.25) is 0 Å². The van der Waals surface area contributed by atoms with E-state index in [2.05, 4.69) is 6.58 Å². The fourth-order valence-corrected chi connectivity index (χ4v) is 2.78. The Morgan fingerprint density at radius 2 is 1.67 bits per heavy atom. The molecule has 0 unspecified atom stereocenters. The number of ether oxygens (including phenoxy) is 4. The average Bonchev–Trinajstić information content (AvgIpc) is 2.89. The summed E-state index contributed by atoms with van der Waals surface area (Å²) in [5, 5.41) is 21.7. The molecule has 2 fully saturated rings. The van der Waals surface area contributed by atoms with Gasteiger partial charge in [-0.15, -0.1) is 0 Å². The largest absolute Gasteiger partial charge is 0.387 e. The maximum Gasteiger partial charge on any atom is 0.163 e. The molecule has 2 heterocycles. The van der Waals surface area contributed by atoms with E-state index in [0.29, 0.717) is 5.57 Å². The Hall–Kier alpha value is -0.500. The predicted molar refractivity (Wildman–Crippen MR) is 75.6 cm³/mol. The smallest absolute Gasteiger partial charge is 0.163 e. The van der Waals surface area contributed by atoms with Crippen LogP contribution in [0.1, 0.15) is 34.6 Å². The summed E-state index contributed by atoms with van der Waals surface area (Å²) >= 11 is 0. The average molecular weight is 302 g/mol. The van der Waals surface area contributed by atoms with Crippen LogP contribution in [0.4, 0.5) is 0 Å². The molecule has 4 atom stereocenters. The zero-order valence-corrected chi connectivity index (χ0v) is 13.4. The number of hydrogen-bond acceptors (Lipinski definition) is 6. The van der Waals surface area contributed by atoms with E-state index in [9.17, 15) is 10.2 Å². The highest BCUT2D eigenvalue weighted by Crippen LogP contribution is 2.38. The molecule has 2 aliphatic rings. The third kappa shape index (κ3) is 3.16. The van der Waals surface area contributed by atoms with Gasteiger partial charge in [-0.3, -0.25) is 0 Å². The molecule has 2 N–H and O–H groups in total. The molecule has 0 aliphatic carbocycles. The van der Waals surface area contributed by atoms with E-state index in [4.69, 9.17) is 18.9 Å². The van der Waals surface area contributed by atoms with Crippen molar-refractivity contribution >= 4 is 0 Å². The van der Waals surface area contributed by atoms with E-state index in [1.165, 1.54) is 0 Å². The van der Waals surface area contributed by atoms with Crippen LogP contribution in [-0.2, 0) is 18.9 Å². The fraction of sp³-hybridized carbons (Fsp3) is 0.867. The van der Waals surface area contributed by atoms with E-state index < -0.39 is 35.5 Å². The van der Waals surface area contributed by atoms with E-state index in [0.717, 1.165) is 0 Å². The zero-order chi connectivity index (χ0) is 16.1. The normalized spacial score (nSPS) is 35.4. The molecular formula is C15H26O6. The molecule has 0 bridgehead atoms. The topological polar surface area (TPSA) is 77.4 Å². The standard InChI is InChI=1S/C15H26O6/c1-9(2)15(17,11-8-19-14(5,6)21-11)12(16)10-7-18-13(3,4)20-10/h10-12,16-17H,1,7-8H2,2-6H3/t10-,11-,12+,15-/m1/s1. The third-order valence-corrected chi connectivity index (χ3v) is 4.02. The van der Waals surface area contributed by atoms with Gasteiger partial charge in [0.1, 0.15) is 23.9 Å². The summed E-state index contributed by atoms with van der Waals surface area (Å²) in [6, 6.07) is 0. The number of aliphatic hydroxyl groups is 2. The van der Waals surface area contributed by atoms with Crippen LogP contribution in [0.3, 0.4) is 0 Å². The van der Waals surface area contributed by atoms with Crippen molar-refractivity contribution in [2.75, 3.05) is 13.2 Å². The molecule has 6 nitrogen and oxygen atoms in total. The Morgan fingerprint density at radius 1 is 1.14 bits per heavy atom. The molecule has 6 heteroatoms. The molecule has 21 heavy (non-hydrogen) atoms. The van der Waals surface area contributed by atoms with Crippen LogP contribution >= 0.6 is 0 Å². The molecule has 0 amide bonds. The number of rotatable bonds is 4. The summed E-state index contributed by atoms with van der Waals surface area (Å²) in [5.74, 6) is -1.59. The van der Waals surface area contributed by atoms with Gasteiger partial charge in [-0.05, 0) is 40.2 Å². The third-order valence-electron chi connectivity index (χ3n) is 4.02. The summed E-state index contributed by atoms with van der Waals surface area (Å²) in [6.45, 7) is 12.9. The highest BCUT2D eigenvalue weighted by molar-refractivity contribution is 5.19. The second-order valence-corrected chi connectivity index (χ2v) is 6.73. The first kappa shape index (κ1) is 16.9. The highest BCUT2D eigenvalue weighted by atomic mass is 16.8. The molecular weight excluding hydrogens is 276 g/mol. The van der Waals surface area contributed by atoms with Gasteiger partial charge in [-0.2, -0.15) is 0 Å². The molecule has 2 rings (SSSR count). The highest BCUT2D eigenvalue weighted by Gasteiger charge is 2.55. The van der Waals surface area contributed by atoms with Crippen molar-refractivity contribution < 1.29 is 29.2 Å². The molecule has 0 saturated carbocycles. The van der Waals surface area contributed by atoms with Crippen LogP contribution in [-0.4, -0.2) is 58.9 Å². The quantitative estimate of drug-likeness (QED) is 0.753. The molecule has 0 radical (unpaired) electrons. The lowest BCUT2D eigenvalue weighted by Gasteiger charge is -2.39. The first-order valence-electron chi connectivity index (χ1n) is 7.18. The minimum atomic E-state index is -1.66. The minimum absolute atomic E-state index is 0.171. The SMILES string of the molecule is C=C(C)[C@@](O)([C@H]1COC(C)(C)O1)[C@@H](O)[C@H]1COC(C)(C)O1. The Bertz CT molecular complexity index is 418. The Balaban J connectivity index is 2.20. The summed E-state index contributed by atoms with van der Waals surface area (Å²) in [6.07, 6.45) is -2.60. The molecule has 122 valence electrons. The van der Waals surface area contributed by atoms with E-state index >= 15 is 0 Å². The van der Waals surface area contributed by atoms with Crippen LogP contribution < -0.4 is 0 Å². The maximum absolute atomic E-state index is 11.0. The van der Waals surface area contributed by atoms with Gasteiger partial charge in [0.15, 0.2) is 11.6 Å². The Kier molecular flexibility index (Phi) is 4.25. The lowest BCUT2D eigenvalue weighted by molar-refractivity contribution is -0.207. The summed E-state index contributed by atoms with van der Waals surface area (Å²) in [4.78, 5) is 0. The van der Waals surface area contributed by atoms with Crippen LogP contribution in [0, 0.1) is 0 Å². The van der Waals surface area contributed by atoms with Gasteiger partial charge in [-0.25, -0.2) is 0 Å². The van der Waals surface area contributed by atoms with Crippen molar-refractivity contribution in [3.63, 3.8) is 0 Å². The van der Waals surface area contributed by atoms with Crippen molar-refractivity contribution in [2.24, 2.45) is 0 Å². The molecule has 0 spiro atoms. The molecule has 2 aliphatic heterocycles. The van der Waals surface area contributed by atoms with Crippen LogP contribution in [0.5, 0.6) is 0 Å². The minimum Gasteiger partial charge on any atom is -0.387 e. The second-order valence-electron chi connectivity index (χ2n) is 6.73. The van der Waals surface area contributed by atoms with Crippen molar-refractivity contribution in [1.82, 2.24) is 0 Å². The van der Waals surface area contributed by atoms with Gasteiger partial charge in [0.05, 0.1) is 13.2 Å². The van der Waals surface area contributed by atoms with E-state index in [1.807, 2.05) is 0 Å². The summed E-state index contributed by atoms with van der Waals surface area (Å²) in [7, 11) is 0. The van der Waals surface area contributed by atoms with Gasteiger partial charge < -0.3 is 29.2 Å². The predicted octanol–water partition coefficient (Wildman–Crippen LogP) is 0.957. The van der Waals surface area contributed by atoms with Gasteiger partial charge in [-0.1, -0.05) is 6.58 Å². The van der Waals surface area contributed by atoms with Crippen molar-refractivity contribution in [1.29, 1.82) is 0 Å². The van der Waals surface area contributed by atoms with Gasteiger partial charge in [0.25, 0.3) is 0 Å². The zero-order valence-electron chi connectivity index (χ0n) is 13.4. The van der Waals surface area contributed by atoms with Crippen molar-refractivity contribution in [2.45, 2.75) is 70.1 Å². The molecule has 0 aromatic carbocycles. The molecule has 2 saturated heterocycles. The number of aliphatic hydroxyl groups excluding tert-OH is 1. The maximum atomic E-state index is 11.0. The van der Waals surface area contributed by atoms with Crippen LogP contribution in [0.15, 0.2) is 12.2 Å². The van der Waals surface area contributed by atoms with Gasteiger partial charge >= 0.3 is 0 Å². The summed E-state index contributed by atoms with van der Waals surface area (Å²) < 4.78 is 22.3. The fourth-order valence-electron chi connectivity index (χ4n) is 2.78.